The summed E-state index contributed by atoms with van der Waals surface area (Å²) in [5, 5.41) is 31.6. The van der Waals surface area contributed by atoms with Gasteiger partial charge in [-0.1, -0.05) is 0 Å². The van der Waals surface area contributed by atoms with Gasteiger partial charge >= 0.3 is 0 Å². The van der Waals surface area contributed by atoms with E-state index in [0.29, 0.717) is 18.7 Å². The smallest absolute Gasteiger partial charge is 0.289 e. The molecule has 1 aromatic carbocycles. The van der Waals surface area contributed by atoms with Gasteiger partial charge < -0.3 is 15.2 Å². The minimum Gasteiger partial charge on any atom is -0.396 e. The van der Waals surface area contributed by atoms with E-state index >= 15 is 0 Å². The van der Waals surface area contributed by atoms with Crippen molar-refractivity contribution in [2.24, 2.45) is 0 Å². The second-order valence-corrected chi connectivity index (χ2v) is 3.91. The molecule has 1 aromatic rings. The van der Waals surface area contributed by atoms with Crippen LogP contribution in [0.25, 0.3) is 0 Å². The number of nitro groups is 1. The number of nitrogens with one attached hydrogen (secondary N) is 1. The number of ether oxygens (including phenoxy) is 1. The van der Waals surface area contributed by atoms with Gasteiger partial charge in [0.15, 0.2) is 0 Å². The number of nitro benzene ring substituents is 1. The fourth-order valence-electron chi connectivity index (χ4n) is 1.66. The Bertz CT molecular complexity index is 478. The Labute approximate surface area is 110 Å². The van der Waals surface area contributed by atoms with Crippen molar-refractivity contribution in [3.63, 3.8) is 0 Å². The first-order chi connectivity index (χ1) is 9.12. The maximum absolute atomic E-state index is 10.8. The topological polar surface area (TPSA) is 108 Å². The van der Waals surface area contributed by atoms with E-state index < -0.39 is 4.92 Å². The second kappa shape index (κ2) is 7.31. The highest BCUT2D eigenvalue weighted by Crippen LogP contribution is 2.23. The van der Waals surface area contributed by atoms with Crippen LogP contribution in [-0.4, -0.2) is 36.4 Å². The summed E-state index contributed by atoms with van der Waals surface area (Å²) in [7, 11) is 1.54. The molecule has 102 valence electrons. The van der Waals surface area contributed by atoms with Gasteiger partial charge in [-0.25, -0.2) is 0 Å². The number of nitriles is 1. The van der Waals surface area contributed by atoms with E-state index in [-0.39, 0.29) is 23.9 Å². The molecular weight excluding hydrogens is 250 g/mol. The first-order valence-electron chi connectivity index (χ1n) is 5.67. The van der Waals surface area contributed by atoms with Crippen LogP contribution >= 0.6 is 0 Å². The highest BCUT2D eigenvalue weighted by atomic mass is 16.6. The van der Waals surface area contributed by atoms with Crippen molar-refractivity contribution in [1.82, 2.24) is 0 Å². The van der Waals surface area contributed by atoms with Crippen molar-refractivity contribution >= 4 is 11.4 Å². The van der Waals surface area contributed by atoms with Crippen molar-refractivity contribution in [3.05, 3.63) is 33.9 Å². The molecule has 7 nitrogen and oxygen atoms in total. The van der Waals surface area contributed by atoms with Crippen molar-refractivity contribution in [2.45, 2.75) is 12.5 Å². The molecule has 0 amide bonds. The Morgan fingerprint density at radius 1 is 1.63 bits per heavy atom. The monoisotopic (exact) mass is 265 g/mol. The van der Waals surface area contributed by atoms with Gasteiger partial charge in [-0.2, -0.15) is 5.26 Å². The zero-order chi connectivity index (χ0) is 14.3. The molecule has 0 saturated heterocycles. The van der Waals surface area contributed by atoms with E-state index in [4.69, 9.17) is 15.1 Å². The fourth-order valence-corrected chi connectivity index (χ4v) is 1.66. The van der Waals surface area contributed by atoms with Crippen LogP contribution < -0.4 is 5.32 Å². The van der Waals surface area contributed by atoms with Gasteiger partial charge in [0.2, 0.25) is 0 Å². The molecule has 0 bridgehead atoms. The summed E-state index contributed by atoms with van der Waals surface area (Å²) in [5.41, 5.74) is 0.287. The molecule has 0 fully saturated rings. The van der Waals surface area contributed by atoms with Crippen molar-refractivity contribution in [3.8, 4) is 6.07 Å². The van der Waals surface area contributed by atoms with Crippen LogP contribution in [0, 0.1) is 21.4 Å². The van der Waals surface area contributed by atoms with Crippen LogP contribution in [0.2, 0.25) is 0 Å². The summed E-state index contributed by atoms with van der Waals surface area (Å²) in [5.74, 6) is 0. The largest absolute Gasteiger partial charge is 0.396 e. The number of nitrogens with zero attached hydrogens (tertiary/aromatic N) is 2. The SMILES string of the molecule is COCC(CCO)Nc1ccc(C#N)c([N+](=O)[O-])c1. The Balaban J connectivity index is 2.92. The molecule has 19 heavy (non-hydrogen) atoms. The lowest BCUT2D eigenvalue weighted by molar-refractivity contribution is -0.385. The molecule has 1 rings (SSSR count). The number of benzene rings is 1. The molecule has 1 atom stereocenters. The zero-order valence-electron chi connectivity index (χ0n) is 10.5. The van der Waals surface area contributed by atoms with Gasteiger partial charge in [-0.05, 0) is 18.6 Å². The van der Waals surface area contributed by atoms with E-state index in [2.05, 4.69) is 5.32 Å². The van der Waals surface area contributed by atoms with Crippen molar-refractivity contribution in [2.75, 3.05) is 25.6 Å². The summed E-state index contributed by atoms with van der Waals surface area (Å²) in [6, 6.07) is 5.91. The number of anilines is 1. The van der Waals surface area contributed by atoms with Crippen LogP contribution in [-0.2, 0) is 4.74 Å². The molecule has 2 N–H and O–H groups in total. The molecule has 0 aliphatic heterocycles. The van der Waals surface area contributed by atoms with Crippen LogP contribution in [0.15, 0.2) is 18.2 Å². The molecule has 0 radical (unpaired) electrons. The van der Waals surface area contributed by atoms with E-state index in [1.807, 2.05) is 0 Å². The lowest BCUT2D eigenvalue weighted by atomic mass is 10.1. The van der Waals surface area contributed by atoms with Gasteiger partial charge in [-0.15, -0.1) is 0 Å². The number of aliphatic hydroxyl groups is 1. The third-order valence-corrected chi connectivity index (χ3v) is 2.53. The number of aliphatic hydroxyl groups excluding tert-OH is 1. The number of rotatable bonds is 7. The minimum absolute atomic E-state index is 0.0145. The van der Waals surface area contributed by atoms with E-state index in [9.17, 15) is 10.1 Å². The summed E-state index contributed by atoms with van der Waals surface area (Å²) in [6.07, 6.45) is 0.460. The maximum atomic E-state index is 10.8. The average Bonchev–Trinajstić information content (AvgIpc) is 2.39. The Morgan fingerprint density at radius 3 is 2.89 bits per heavy atom. The van der Waals surface area contributed by atoms with Gasteiger partial charge in [0.1, 0.15) is 11.6 Å². The van der Waals surface area contributed by atoms with Crippen LogP contribution in [0.3, 0.4) is 0 Å². The first kappa shape index (κ1) is 14.9. The van der Waals surface area contributed by atoms with Gasteiger partial charge in [0.05, 0.1) is 17.6 Å². The average molecular weight is 265 g/mol. The van der Waals surface area contributed by atoms with Crippen molar-refractivity contribution in [1.29, 1.82) is 5.26 Å². The molecule has 7 heteroatoms. The zero-order valence-corrected chi connectivity index (χ0v) is 10.5. The maximum Gasteiger partial charge on any atom is 0.289 e. The molecule has 0 aromatic heterocycles. The Hall–Kier alpha value is -2.17. The summed E-state index contributed by atoms with van der Waals surface area (Å²) >= 11 is 0. The second-order valence-electron chi connectivity index (χ2n) is 3.91. The normalized spacial score (nSPS) is 11.6. The Kier molecular flexibility index (Phi) is 5.73. The van der Waals surface area contributed by atoms with Crippen LogP contribution in [0.5, 0.6) is 0 Å². The summed E-state index contributed by atoms with van der Waals surface area (Å²) < 4.78 is 4.99. The highest BCUT2D eigenvalue weighted by molar-refractivity contribution is 5.59. The summed E-state index contributed by atoms with van der Waals surface area (Å²) in [6.45, 7) is 0.355. The van der Waals surface area contributed by atoms with Gasteiger partial charge in [0.25, 0.3) is 5.69 Å². The standard InChI is InChI=1S/C12H15N3O4/c1-19-8-11(4-5-16)14-10-3-2-9(7-13)12(6-10)15(17)18/h2-3,6,11,14,16H,4-5,8H2,1H3. The van der Waals surface area contributed by atoms with Gasteiger partial charge in [0, 0.05) is 25.5 Å². The van der Waals surface area contributed by atoms with E-state index in [1.165, 1.54) is 19.2 Å². The fraction of sp³-hybridized carbons (Fsp3) is 0.417. The van der Waals surface area contributed by atoms with E-state index in [0.717, 1.165) is 0 Å². The molecule has 1 unspecified atom stereocenters. The van der Waals surface area contributed by atoms with Crippen molar-refractivity contribution < 1.29 is 14.8 Å². The number of methoxy groups -OCH3 is 1. The molecule has 0 heterocycles. The van der Waals surface area contributed by atoms with Gasteiger partial charge in [-0.3, -0.25) is 10.1 Å². The Morgan fingerprint density at radius 2 is 2.37 bits per heavy atom. The third kappa shape index (κ3) is 4.21. The van der Waals surface area contributed by atoms with Crippen LogP contribution in [0.4, 0.5) is 11.4 Å². The summed E-state index contributed by atoms with van der Waals surface area (Å²) in [4.78, 5) is 10.2. The first-order valence-corrected chi connectivity index (χ1v) is 5.67. The molecule has 0 aliphatic rings. The molecule has 0 spiro atoms. The highest BCUT2D eigenvalue weighted by Gasteiger charge is 2.15. The third-order valence-electron chi connectivity index (χ3n) is 2.53. The molecule has 0 saturated carbocycles. The lowest BCUT2D eigenvalue weighted by Crippen LogP contribution is -2.26. The quantitative estimate of drug-likeness (QED) is 0.567. The van der Waals surface area contributed by atoms with E-state index in [1.54, 1.807) is 12.1 Å². The predicted octanol–water partition coefficient (Wildman–Crippen LogP) is 1.28. The lowest BCUT2D eigenvalue weighted by Gasteiger charge is -2.18. The van der Waals surface area contributed by atoms with Crippen LogP contribution in [0.1, 0.15) is 12.0 Å². The minimum atomic E-state index is -0.596. The molecule has 0 aliphatic carbocycles. The molecular formula is C12H15N3O4. The number of hydrogen-bond acceptors (Lipinski definition) is 6. The predicted molar refractivity (Wildman–Crippen MR) is 68.8 cm³/mol. The number of hydrogen-bond donors (Lipinski definition) is 2.